The number of rotatable bonds is 6. The van der Waals surface area contributed by atoms with Crippen molar-refractivity contribution in [3.8, 4) is 0 Å². The molecule has 0 amide bonds. The maximum Gasteiger partial charge on any atom is 0.149 e. The van der Waals surface area contributed by atoms with Crippen molar-refractivity contribution in [3.63, 3.8) is 0 Å². The summed E-state index contributed by atoms with van der Waals surface area (Å²) in [5.74, 6) is 1.28. The second-order valence-electron chi connectivity index (χ2n) is 5.88. The first-order valence-electron chi connectivity index (χ1n) is 7.60. The number of fused-ring (bicyclic) bond motifs is 1. The van der Waals surface area contributed by atoms with Gasteiger partial charge in [0.1, 0.15) is 5.78 Å². The molecule has 1 heterocycles. The third-order valence-corrected chi connectivity index (χ3v) is 4.53. The third kappa shape index (κ3) is 3.54. The molecule has 0 aromatic carbocycles. The van der Waals surface area contributed by atoms with Gasteiger partial charge in [0.25, 0.3) is 0 Å². The summed E-state index contributed by atoms with van der Waals surface area (Å²) in [5, 5.41) is 3.58. The molecule has 0 spiro atoms. The minimum atomic E-state index is 0.199. The molecular weight excluding hydrogens is 210 g/mol. The molecule has 2 rings (SSSR count). The van der Waals surface area contributed by atoms with E-state index >= 15 is 0 Å². The topological polar surface area (TPSA) is 29.1 Å². The smallest absolute Gasteiger partial charge is 0.149 e. The van der Waals surface area contributed by atoms with Gasteiger partial charge in [-0.3, -0.25) is 4.79 Å². The second-order valence-corrected chi connectivity index (χ2v) is 5.88. The fraction of sp³-hybridized carbons (Fsp3) is 0.933. The van der Waals surface area contributed by atoms with E-state index in [0.29, 0.717) is 11.8 Å². The van der Waals surface area contributed by atoms with Crippen LogP contribution in [-0.2, 0) is 4.79 Å². The van der Waals surface area contributed by atoms with E-state index in [1.54, 1.807) is 0 Å². The van der Waals surface area contributed by atoms with Crippen molar-refractivity contribution in [3.05, 3.63) is 0 Å². The zero-order chi connectivity index (χ0) is 12.1. The summed E-state index contributed by atoms with van der Waals surface area (Å²) in [5.41, 5.74) is 0. The first-order chi connectivity index (χ1) is 8.31. The molecule has 3 unspecified atom stereocenters. The first kappa shape index (κ1) is 13.1. The van der Waals surface area contributed by atoms with E-state index in [1.165, 1.54) is 44.9 Å². The predicted octanol–water partition coefficient (Wildman–Crippen LogP) is 3.45. The molecule has 3 atom stereocenters. The summed E-state index contributed by atoms with van der Waals surface area (Å²) in [6, 6.07) is 0.859. The Bertz CT molecular complexity index is 237. The lowest BCUT2D eigenvalue weighted by Gasteiger charge is -2.24. The molecule has 17 heavy (non-hydrogen) atoms. The number of nitrogens with one attached hydrogen (secondary N) is 1. The maximum absolute atomic E-state index is 12.1. The molecule has 2 heteroatoms. The van der Waals surface area contributed by atoms with E-state index in [9.17, 15) is 4.79 Å². The van der Waals surface area contributed by atoms with Gasteiger partial charge >= 0.3 is 0 Å². The van der Waals surface area contributed by atoms with E-state index in [-0.39, 0.29) is 6.04 Å². The Hall–Kier alpha value is -0.370. The highest BCUT2D eigenvalue weighted by Crippen LogP contribution is 2.33. The lowest BCUT2D eigenvalue weighted by Crippen LogP contribution is -2.37. The molecule has 2 fully saturated rings. The molecule has 1 aliphatic heterocycles. The predicted molar refractivity (Wildman–Crippen MR) is 71.1 cm³/mol. The van der Waals surface area contributed by atoms with Gasteiger partial charge in [-0.05, 0) is 31.6 Å². The Morgan fingerprint density at radius 3 is 2.76 bits per heavy atom. The number of ketones is 1. The van der Waals surface area contributed by atoms with Crippen molar-refractivity contribution in [2.75, 3.05) is 0 Å². The number of unbranched alkanes of at least 4 members (excludes halogenated alkanes) is 3. The lowest BCUT2D eigenvalue weighted by molar-refractivity contribution is -0.120. The molecule has 1 N–H and O–H groups in total. The second kappa shape index (κ2) is 6.53. The molecule has 2 nitrogen and oxygen atoms in total. The lowest BCUT2D eigenvalue weighted by atomic mass is 9.84. The third-order valence-electron chi connectivity index (χ3n) is 4.53. The summed E-state index contributed by atoms with van der Waals surface area (Å²) in [6.45, 7) is 2.21. The Kier molecular flexibility index (Phi) is 5.02. The van der Waals surface area contributed by atoms with Gasteiger partial charge < -0.3 is 5.32 Å². The quantitative estimate of drug-likeness (QED) is 0.717. The molecule has 1 aliphatic carbocycles. The average Bonchev–Trinajstić information content (AvgIpc) is 2.78. The zero-order valence-electron chi connectivity index (χ0n) is 11.2. The minimum Gasteiger partial charge on any atom is -0.304 e. The van der Waals surface area contributed by atoms with Gasteiger partial charge in [0.05, 0.1) is 6.04 Å². The maximum atomic E-state index is 12.1. The van der Waals surface area contributed by atoms with E-state index in [2.05, 4.69) is 12.2 Å². The van der Waals surface area contributed by atoms with Crippen LogP contribution in [0.4, 0.5) is 0 Å². The Labute approximate surface area is 106 Å². The van der Waals surface area contributed by atoms with Gasteiger partial charge in [-0.25, -0.2) is 0 Å². The summed E-state index contributed by atoms with van der Waals surface area (Å²) in [4.78, 5) is 12.1. The summed E-state index contributed by atoms with van der Waals surface area (Å²) >= 11 is 0. The van der Waals surface area contributed by atoms with Gasteiger partial charge in [0.15, 0.2) is 0 Å². The summed E-state index contributed by atoms with van der Waals surface area (Å²) in [7, 11) is 0. The Balaban J connectivity index is 1.70. The largest absolute Gasteiger partial charge is 0.304 e. The number of hydrogen-bond donors (Lipinski definition) is 1. The van der Waals surface area contributed by atoms with Gasteiger partial charge in [-0.2, -0.15) is 0 Å². The highest BCUT2D eigenvalue weighted by Gasteiger charge is 2.37. The van der Waals surface area contributed by atoms with Gasteiger partial charge in [-0.15, -0.1) is 0 Å². The number of Topliss-reactive ketones (excluding diaryl/α,β-unsaturated/α-hetero) is 1. The molecule has 2 aliphatic rings. The normalized spacial score (nSPS) is 32.4. The number of hydrogen-bond acceptors (Lipinski definition) is 2. The van der Waals surface area contributed by atoms with E-state index in [4.69, 9.17) is 0 Å². The standard InChI is InChI=1S/C15H27NO/c1-2-3-4-5-10-15(17)14-11-12-8-6-7-9-13(12)16-14/h12-14,16H,2-11H2,1H3. The van der Waals surface area contributed by atoms with Crippen LogP contribution >= 0.6 is 0 Å². The van der Waals surface area contributed by atoms with E-state index in [0.717, 1.165) is 25.2 Å². The van der Waals surface area contributed by atoms with Crippen LogP contribution in [0, 0.1) is 5.92 Å². The molecule has 1 saturated carbocycles. The number of carbonyl (C=O) groups is 1. The molecule has 0 radical (unpaired) electrons. The fourth-order valence-corrected chi connectivity index (χ4v) is 3.46. The molecule has 0 aromatic rings. The summed E-state index contributed by atoms with van der Waals surface area (Å²) in [6.07, 6.45) is 12.1. The van der Waals surface area contributed by atoms with E-state index in [1.807, 2.05) is 0 Å². The number of carbonyl (C=O) groups excluding carboxylic acids is 1. The van der Waals surface area contributed by atoms with Crippen LogP contribution in [0.3, 0.4) is 0 Å². The van der Waals surface area contributed by atoms with Crippen LogP contribution in [0.15, 0.2) is 0 Å². The summed E-state index contributed by atoms with van der Waals surface area (Å²) < 4.78 is 0. The fourth-order valence-electron chi connectivity index (χ4n) is 3.46. The van der Waals surface area contributed by atoms with Crippen molar-refractivity contribution in [2.24, 2.45) is 5.92 Å². The minimum absolute atomic E-state index is 0.199. The van der Waals surface area contributed by atoms with Crippen molar-refractivity contribution in [1.82, 2.24) is 5.32 Å². The SMILES string of the molecule is CCCCCCC(=O)C1CC2CCCCC2N1. The van der Waals surface area contributed by atoms with Crippen LogP contribution < -0.4 is 5.32 Å². The highest BCUT2D eigenvalue weighted by atomic mass is 16.1. The average molecular weight is 237 g/mol. The van der Waals surface area contributed by atoms with Crippen molar-refractivity contribution < 1.29 is 4.79 Å². The first-order valence-corrected chi connectivity index (χ1v) is 7.60. The van der Waals surface area contributed by atoms with Gasteiger partial charge in [-0.1, -0.05) is 39.0 Å². The molecule has 0 bridgehead atoms. The van der Waals surface area contributed by atoms with Gasteiger partial charge in [0.2, 0.25) is 0 Å². The highest BCUT2D eigenvalue weighted by molar-refractivity contribution is 5.84. The molecular formula is C15H27NO. The monoisotopic (exact) mass is 237 g/mol. The Morgan fingerprint density at radius 2 is 2.00 bits per heavy atom. The zero-order valence-corrected chi connectivity index (χ0v) is 11.2. The van der Waals surface area contributed by atoms with Gasteiger partial charge in [0, 0.05) is 12.5 Å². The van der Waals surface area contributed by atoms with Crippen molar-refractivity contribution in [2.45, 2.75) is 83.2 Å². The molecule has 1 saturated heterocycles. The van der Waals surface area contributed by atoms with Crippen LogP contribution in [0.25, 0.3) is 0 Å². The Morgan fingerprint density at radius 1 is 1.18 bits per heavy atom. The molecule has 98 valence electrons. The molecule has 0 aromatic heterocycles. The van der Waals surface area contributed by atoms with Crippen LogP contribution in [0.5, 0.6) is 0 Å². The van der Waals surface area contributed by atoms with Crippen LogP contribution in [0.1, 0.15) is 71.1 Å². The van der Waals surface area contributed by atoms with Crippen molar-refractivity contribution >= 4 is 5.78 Å². The van der Waals surface area contributed by atoms with E-state index < -0.39 is 0 Å². The van der Waals surface area contributed by atoms with Crippen LogP contribution in [-0.4, -0.2) is 17.9 Å². The van der Waals surface area contributed by atoms with Crippen molar-refractivity contribution in [1.29, 1.82) is 0 Å². The van der Waals surface area contributed by atoms with Crippen LogP contribution in [0.2, 0.25) is 0 Å².